The summed E-state index contributed by atoms with van der Waals surface area (Å²) in [6.07, 6.45) is 8.92. The van der Waals surface area contributed by atoms with Crippen LogP contribution in [0.25, 0.3) is 5.82 Å². The van der Waals surface area contributed by atoms with Crippen LogP contribution in [0.4, 0.5) is 0 Å². The summed E-state index contributed by atoms with van der Waals surface area (Å²) in [4.78, 5) is 9.88. The number of tetrazole rings is 1. The maximum absolute atomic E-state index is 12.7. The van der Waals surface area contributed by atoms with E-state index < -0.39 is 10.0 Å². The summed E-state index contributed by atoms with van der Waals surface area (Å²) in [5.41, 5.74) is 0.670. The third kappa shape index (κ3) is 4.45. The topological polar surface area (TPSA) is 152 Å². The van der Waals surface area contributed by atoms with E-state index in [1.54, 1.807) is 40.9 Å². The Morgan fingerprint density at radius 2 is 1.97 bits per heavy atom. The predicted octanol–water partition coefficient (Wildman–Crippen LogP) is -0.0129. The highest BCUT2D eigenvalue weighted by atomic mass is 32.2. The molecule has 4 aromatic rings. The maximum atomic E-state index is 12.7. The van der Waals surface area contributed by atoms with Crippen LogP contribution in [0.3, 0.4) is 0 Å². The fraction of sp³-hybridized carbons (Fsp3) is 0.389. The van der Waals surface area contributed by atoms with Crippen LogP contribution in [-0.4, -0.2) is 75.5 Å². The van der Waals surface area contributed by atoms with E-state index in [1.807, 2.05) is 0 Å². The van der Waals surface area contributed by atoms with Gasteiger partial charge in [0.2, 0.25) is 0 Å². The van der Waals surface area contributed by atoms with Crippen LogP contribution < -0.4 is 4.74 Å². The first-order valence-electron chi connectivity index (χ1n) is 10.2. The van der Waals surface area contributed by atoms with Crippen LogP contribution >= 0.6 is 0 Å². The van der Waals surface area contributed by atoms with Crippen molar-refractivity contribution >= 4 is 10.0 Å². The molecular formula is C18H21N11O3S. The third-order valence-electron chi connectivity index (χ3n) is 5.28. The predicted molar refractivity (Wildman–Crippen MR) is 112 cm³/mol. The van der Waals surface area contributed by atoms with E-state index in [9.17, 15) is 8.42 Å². The molecule has 5 rings (SSSR count). The Morgan fingerprint density at radius 3 is 2.64 bits per heavy atom. The number of hydrogen-bond donors (Lipinski definition) is 0. The van der Waals surface area contributed by atoms with Crippen molar-refractivity contribution < 1.29 is 13.2 Å². The molecule has 0 unspecified atom stereocenters. The van der Waals surface area contributed by atoms with Crippen LogP contribution in [0.1, 0.15) is 24.6 Å². The second-order valence-corrected chi connectivity index (χ2v) is 9.45. The first kappa shape index (κ1) is 21.1. The molecule has 0 atom stereocenters. The van der Waals surface area contributed by atoms with Gasteiger partial charge in [0, 0.05) is 26.3 Å². The standard InChI is InChI=1S/C18H21N11O3S/c1-26-10-18(20-12-26)33(30,31)27-6-4-15(5-7-27)29-22-8-14(23-29)11-32-16-2-3-17(19-9-16)28-13-21-24-25-28/h2-3,8-10,12-13,15H,4-7,11H2,1H3. The van der Waals surface area contributed by atoms with Crippen molar-refractivity contribution in [1.29, 1.82) is 0 Å². The van der Waals surface area contributed by atoms with E-state index >= 15 is 0 Å². The lowest BCUT2D eigenvalue weighted by Gasteiger charge is -2.29. The van der Waals surface area contributed by atoms with Crippen molar-refractivity contribution in [3.63, 3.8) is 0 Å². The summed E-state index contributed by atoms with van der Waals surface area (Å²) in [6, 6.07) is 3.54. The van der Waals surface area contributed by atoms with Gasteiger partial charge in [-0.1, -0.05) is 0 Å². The molecule has 0 bridgehead atoms. The average Bonchev–Trinajstić information content (AvgIpc) is 3.60. The molecule has 0 radical (unpaired) electrons. The lowest BCUT2D eigenvalue weighted by atomic mass is 10.1. The smallest absolute Gasteiger partial charge is 0.262 e. The van der Waals surface area contributed by atoms with Gasteiger partial charge in [-0.25, -0.2) is 18.4 Å². The van der Waals surface area contributed by atoms with Gasteiger partial charge >= 0.3 is 0 Å². The maximum Gasteiger partial charge on any atom is 0.262 e. The first-order valence-corrected chi connectivity index (χ1v) is 11.6. The van der Waals surface area contributed by atoms with Gasteiger partial charge in [0.15, 0.2) is 10.8 Å². The van der Waals surface area contributed by atoms with Crippen LogP contribution in [-0.2, 0) is 23.7 Å². The molecule has 33 heavy (non-hydrogen) atoms. The molecule has 1 saturated heterocycles. The highest BCUT2D eigenvalue weighted by molar-refractivity contribution is 7.89. The highest BCUT2D eigenvalue weighted by Gasteiger charge is 2.32. The Morgan fingerprint density at radius 1 is 1.12 bits per heavy atom. The van der Waals surface area contributed by atoms with E-state index in [1.165, 1.54) is 27.8 Å². The Labute approximate surface area is 188 Å². The molecular weight excluding hydrogens is 450 g/mol. The number of imidazole rings is 1. The number of nitrogens with zero attached hydrogens (tertiary/aromatic N) is 11. The Balaban J connectivity index is 1.15. The highest BCUT2D eigenvalue weighted by Crippen LogP contribution is 2.25. The summed E-state index contributed by atoms with van der Waals surface area (Å²) >= 11 is 0. The molecule has 15 heteroatoms. The molecule has 0 spiro atoms. The Hall–Kier alpha value is -3.72. The number of pyridine rings is 1. The fourth-order valence-corrected chi connectivity index (χ4v) is 4.97. The Kier molecular flexibility index (Phi) is 5.55. The zero-order valence-electron chi connectivity index (χ0n) is 17.7. The fourth-order valence-electron chi connectivity index (χ4n) is 3.54. The zero-order valence-corrected chi connectivity index (χ0v) is 18.5. The summed E-state index contributed by atoms with van der Waals surface area (Å²) in [6.45, 7) is 1.01. The molecule has 4 aromatic heterocycles. The second kappa shape index (κ2) is 8.67. The minimum absolute atomic E-state index is 0.0196. The third-order valence-corrected chi connectivity index (χ3v) is 7.07. The number of hydrogen-bond acceptors (Lipinski definition) is 10. The molecule has 0 N–H and O–H groups in total. The lowest BCUT2D eigenvalue weighted by molar-refractivity contribution is 0.241. The molecule has 1 aliphatic rings. The van der Waals surface area contributed by atoms with Crippen LogP contribution in [0, 0.1) is 0 Å². The molecule has 0 amide bonds. The van der Waals surface area contributed by atoms with Gasteiger partial charge < -0.3 is 9.30 Å². The lowest BCUT2D eigenvalue weighted by Crippen LogP contribution is -2.39. The van der Waals surface area contributed by atoms with E-state index in [2.05, 4.69) is 35.7 Å². The quantitative estimate of drug-likeness (QED) is 0.360. The van der Waals surface area contributed by atoms with Gasteiger partial charge in [-0.05, 0) is 35.4 Å². The number of sulfonamides is 1. The van der Waals surface area contributed by atoms with E-state index in [0.29, 0.717) is 43.2 Å². The summed E-state index contributed by atoms with van der Waals surface area (Å²) < 4.78 is 35.7. The number of ether oxygens (including phenoxy) is 1. The molecule has 0 aromatic carbocycles. The molecule has 1 fully saturated rings. The number of aryl methyl sites for hydroxylation is 1. The van der Waals surface area contributed by atoms with Crippen LogP contribution in [0.15, 0.2) is 48.4 Å². The SMILES string of the molecule is Cn1cnc(S(=O)(=O)N2CCC(n3ncc(COc4ccc(-n5cnnn5)nc4)n3)CC2)c1. The monoisotopic (exact) mass is 471 g/mol. The second-order valence-electron chi connectivity index (χ2n) is 7.56. The largest absolute Gasteiger partial charge is 0.486 e. The molecule has 5 heterocycles. The normalized spacial score (nSPS) is 15.7. The van der Waals surface area contributed by atoms with E-state index in [-0.39, 0.29) is 17.7 Å². The van der Waals surface area contributed by atoms with Crippen LogP contribution in [0.5, 0.6) is 5.75 Å². The van der Waals surface area contributed by atoms with Crippen molar-refractivity contribution in [2.75, 3.05) is 13.1 Å². The first-order chi connectivity index (χ1) is 16.0. The minimum atomic E-state index is -3.59. The van der Waals surface area contributed by atoms with Gasteiger partial charge in [-0.15, -0.1) is 5.10 Å². The summed E-state index contributed by atoms with van der Waals surface area (Å²) in [5, 5.41) is 19.9. The minimum Gasteiger partial charge on any atom is -0.486 e. The average molecular weight is 472 g/mol. The van der Waals surface area contributed by atoms with Gasteiger partial charge in [0.05, 0.1) is 24.8 Å². The van der Waals surface area contributed by atoms with Crippen molar-refractivity contribution in [2.24, 2.45) is 7.05 Å². The molecule has 172 valence electrons. The molecule has 14 nitrogen and oxygen atoms in total. The summed E-state index contributed by atoms with van der Waals surface area (Å²) in [7, 11) is -1.84. The number of aromatic nitrogens is 10. The molecule has 1 aliphatic heterocycles. The summed E-state index contributed by atoms with van der Waals surface area (Å²) in [5.74, 6) is 1.16. The van der Waals surface area contributed by atoms with Gasteiger partial charge in [-0.2, -0.15) is 24.0 Å². The van der Waals surface area contributed by atoms with Crippen molar-refractivity contribution in [1.82, 2.24) is 54.0 Å². The van der Waals surface area contributed by atoms with Crippen molar-refractivity contribution in [3.05, 3.63) is 49.1 Å². The van der Waals surface area contributed by atoms with Crippen LogP contribution in [0.2, 0.25) is 0 Å². The Bertz CT molecular complexity index is 1310. The number of piperidine rings is 1. The van der Waals surface area contributed by atoms with Crippen molar-refractivity contribution in [3.8, 4) is 11.6 Å². The zero-order chi connectivity index (χ0) is 22.8. The molecule has 0 saturated carbocycles. The molecule has 0 aliphatic carbocycles. The van der Waals surface area contributed by atoms with Gasteiger partial charge in [0.25, 0.3) is 10.0 Å². The van der Waals surface area contributed by atoms with Crippen molar-refractivity contribution in [2.45, 2.75) is 30.5 Å². The number of rotatable bonds is 7. The van der Waals surface area contributed by atoms with Gasteiger partial charge in [-0.3, -0.25) is 0 Å². The van der Waals surface area contributed by atoms with E-state index in [4.69, 9.17) is 4.74 Å². The van der Waals surface area contributed by atoms with E-state index in [0.717, 1.165) is 0 Å². The van der Waals surface area contributed by atoms with Gasteiger partial charge in [0.1, 0.15) is 24.4 Å².